The van der Waals surface area contributed by atoms with Gasteiger partial charge < -0.3 is 14.8 Å². The molecule has 1 aromatic rings. The topological polar surface area (TPSA) is 30.5 Å². The fourth-order valence-corrected chi connectivity index (χ4v) is 1.72. The van der Waals surface area contributed by atoms with E-state index >= 15 is 0 Å². The Hall–Kier alpha value is -1.48. The van der Waals surface area contributed by atoms with Crippen LogP contribution in [0.1, 0.15) is 39.2 Å². The smallest absolute Gasteiger partial charge is 0.161 e. The Bertz CT molecular complexity index is 421. The van der Waals surface area contributed by atoms with Crippen LogP contribution >= 0.6 is 0 Å². The van der Waals surface area contributed by atoms with Crippen LogP contribution in [0.25, 0.3) is 0 Å². The molecular formula is C17H27NO2. The normalized spacial score (nSPS) is 11.2. The third-order valence-corrected chi connectivity index (χ3v) is 2.86. The van der Waals surface area contributed by atoms with Gasteiger partial charge in [0, 0.05) is 12.1 Å². The second kappa shape index (κ2) is 7.95. The molecule has 0 aromatic heterocycles. The summed E-state index contributed by atoms with van der Waals surface area (Å²) < 4.78 is 11.1. The van der Waals surface area contributed by atoms with Gasteiger partial charge in [0.25, 0.3) is 0 Å². The second-order valence-corrected chi connectivity index (χ2v) is 5.87. The van der Waals surface area contributed by atoms with Crippen LogP contribution in [0.5, 0.6) is 11.5 Å². The number of hydrogen-bond donors (Lipinski definition) is 1. The first-order valence-corrected chi connectivity index (χ1v) is 7.12. The van der Waals surface area contributed by atoms with Crippen molar-refractivity contribution in [3.63, 3.8) is 0 Å². The molecule has 112 valence electrons. The molecule has 1 N–H and O–H groups in total. The Morgan fingerprint density at radius 1 is 1.25 bits per heavy atom. The molecule has 0 heterocycles. The zero-order chi connectivity index (χ0) is 15.0. The lowest BCUT2D eigenvalue weighted by Gasteiger charge is -2.21. The number of benzene rings is 1. The molecule has 0 atom stereocenters. The number of methoxy groups -OCH3 is 1. The van der Waals surface area contributed by atoms with Gasteiger partial charge in [-0.05, 0) is 51.3 Å². The lowest BCUT2D eigenvalue weighted by atomic mass is 10.1. The maximum Gasteiger partial charge on any atom is 0.161 e. The van der Waals surface area contributed by atoms with E-state index in [1.54, 1.807) is 7.11 Å². The van der Waals surface area contributed by atoms with Crippen molar-refractivity contribution in [1.29, 1.82) is 0 Å². The van der Waals surface area contributed by atoms with Gasteiger partial charge in [-0.15, -0.1) is 6.58 Å². The molecule has 1 rings (SSSR count). The third-order valence-electron chi connectivity index (χ3n) is 2.86. The predicted octanol–water partition coefficient (Wildman–Crippen LogP) is 3.93. The van der Waals surface area contributed by atoms with E-state index < -0.39 is 0 Å². The third kappa shape index (κ3) is 6.11. The number of hydrogen-bond acceptors (Lipinski definition) is 3. The number of rotatable bonds is 8. The molecule has 3 nitrogen and oxygen atoms in total. The van der Waals surface area contributed by atoms with Gasteiger partial charge in [0.05, 0.1) is 13.7 Å². The fourth-order valence-electron chi connectivity index (χ4n) is 1.72. The van der Waals surface area contributed by atoms with Crippen molar-refractivity contribution in [2.75, 3.05) is 13.7 Å². The van der Waals surface area contributed by atoms with Crippen molar-refractivity contribution >= 4 is 0 Å². The molecule has 1 aromatic carbocycles. The highest BCUT2D eigenvalue weighted by Crippen LogP contribution is 2.28. The van der Waals surface area contributed by atoms with Crippen molar-refractivity contribution in [2.24, 2.45) is 0 Å². The Morgan fingerprint density at radius 3 is 2.60 bits per heavy atom. The van der Waals surface area contributed by atoms with E-state index in [2.05, 4.69) is 38.7 Å². The minimum atomic E-state index is 0.102. The van der Waals surface area contributed by atoms with Gasteiger partial charge in [-0.25, -0.2) is 0 Å². The predicted molar refractivity (Wildman–Crippen MR) is 84.5 cm³/mol. The van der Waals surface area contributed by atoms with Crippen LogP contribution in [0.4, 0.5) is 0 Å². The van der Waals surface area contributed by atoms with Crippen LogP contribution < -0.4 is 14.8 Å². The summed E-state index contributed by atoms with van der Waals surface area (Å²) in [5.74, 6) is 1.59. The van der Waals surface area contributed by atoms with Crippen LogP contribution in [0.3, 0.4) is 0 Å². The number of allylic oxidation sites excluding steroid dienone is 1. The molecule has 0 unspecified atom stereocenters. The SMILES string of the molecule is C=CCCCOc1cc(CNC(C)(C)C)ccc1OC. The lowest BCUT2D eigenvalue weighted by molar-refractivity contribution is 0.289. The van der Waals surface area contributed by atoms with Gasteiger partial charge in [-0.2, -0.15) is 0 Å². The van der Waals surface area contributed by atoms with Crippen molar-refractivity contribution < 1.29 is 9.47 Å². The van der Waals surface area contributed by atoms with Crippen molar-refractivity contribution in [3.05, 3.63) is 36.4 Å². The molecule has 0 saturated heterocycles. The Labute approximate surface area is 123 Å². The molecule has 0 aliphatic heterocycles. The molecular weight excluding hydrogens is 250 g/mol. The molecule has 0 spiro atoms. The van der Waals surface area contributed by atoms with Crippen LogP contribution in [0.15, 0.2) is 30.9 Å². The standard InChI is InChI=1S/C17H27NO2/c1-6-7-8-11-20-16-12-14(9-10-15(16)19-5)13-18-17(2,3)4/h6,9-10,12,18H,1,7-8,11,13H2,2-5H3. The molecule has 0 aliphatic carbocycles. The average molecular weight is 277 g/mol. The largest absolute Gasteiger partial charge is 0.493 e. The Morgan fingerprint density at radius 2 is 2.00 bits per heavy atom. The van der Waals surface area contributed by atoms with E-state index in [1.807, 2.05) is 18.2 Å². The molecule has 0 amide bonds. The second-order valence-electron chi connectivity index (χ2n) is 5.87. The highest BCUT2D eigenvalue weighted by Gasteiger charge is 2.10. The number of nitrogens with one attached hydrogen (secondary N) is 1. The molecule has 0 saturated carbocycles. The molecule has 0 radical (unpaired) electrons. The quantitative estimate of drug-likeness (QED) is 0.577. The van der Waals surface area contributed by atoms with Gasteiger partial charge in [0.1, 0.15) is 0 Å². The molecule has 20 heavy (non-hydrogen) atoms. The van der Waals surface area contributed by atoms with E-state index in [0.29, 0.717) is 6.61 Å². The summed E-state index contributed by atoms with van der Waals surface area (Å²) in [5.41, 5.74) is 1.30. The summed E-state index contributed by atoms with van der Waals surface area (Å²) in [6.07, 6.45) is 3.84. The van der Waals surface area contributed by atoms with E-state index in [-0.39, 0.29) is 5.54 Å². The zero-order valence-corrected chi connectivity index (χ0v) is 13.2. The number of unbranched alkanes of at least 4 members (excludes halogenated alkanes) is 1. The highest BCUT2D eigenvalue weighted by atomic mass is 16.5. The lowest BCUT2D eigenvalue weighted by Crippen LogP contribution is -2.35. The molecule has 0 bridgehead atoms. The zero-order valence-electron chi connectivity index (χ0n) is 13.2. The van der Waals surface area contributed by atoms with Crippen LogP contribution in [0, 0.1) is 0 Å². The summed E-state index contributed by atoms with van der Waals surface area (Å²) >= 11 is 0. The molecule has 3 heteroatoms. The molecule has 0 aliphatic rings. The maximum absolute atomic E-state index is 5.80. The van der Waals surface area contributed by atoms with Crippen molar-refractivity contribution in [2.45, 2.75) is 45.7 Å². The van der Waals surface area contributed by atoms with Crippen LogP contribution in [-0.4, -0.2) is 19.3 Å². The van der Waals surface area contributed by atoms with Crippen LogP contribution in [0.2, 0.25) is 0 Å². The Balaban J connectivity index is 2.67. The number of ether oxygens (including phenoxy) is 2. The molecule has 0 fully saturated rings. The van der Waals surface area contributed by atoms with Crippen LogP contribution in [-0.2, 0) is 6.54 Å². The van der Waals surface area contributed by atoms with E-state index in [1.165, 1.54) is 5.56 Å². The Kier molecular flexibility index (Phi) is 6.59. The van der Waals surface area contributed by atoms with E-state index in [9.17, 15) is 0 Å². The maximum atomic E-state index is 5.80. The van der Waals surface area contributed by atoms with Gasteiger partial charge in [-0.3, -0.25) is 0 Å². The van der Waals surface area contributed by atoms with Crippen molar-refractivity contribution in [1.82, 2.24) is 5.32 Å². The summed E-state index contributed by atoms with van der Waals surface area (Å²) in [6, 6.07) is 6.07. The summed E-state index contributed by atoms with van der Waals surface area (Å²) in [6.45, 7) is 11.7. The monoisotopic (exact) mass is 277 g/mol. The van der Waals surface area contributed by atoms with Gasteiger partial charge >= 0.3 is 0 Å². The van der Waals surface area contributed by atoms with Gasteiger partial charge in [0.15, 0.2) is 11.5 Å². The van der Waals surface area contributed by atoms with E-state index in [0.717, 1.165) is 30.9 Å². The summed E-state index contributed by atoms with van der Waals surface area (Å²) in [5, 5.41) is 3.47. The van der Waals surface area contributed by atoms with Gasteiger partial charge in [0.2, 0.25) is 0 Å². The first kappa shape index (κ1) is 16.6. The average Bonchev–Trinajstić information content (AvgIpc) is 2.40. The van der Waals surface area contributed by atoms with Gasteiger partial charge in [-0.1, -0.05) is 12.1 Å². The highest BCUT2D eigenvalue weighted by molar-refractivity contribution is 5.43. The minimum Gasteiger partial charge on any atom is -0.493 e. The summed E-state index contributed by atoms with van der Waals surface area (Å²) in [4.78, 5) is 0. The van der Waals surface area contributed by atoms with E-state index in [4.69, 9.17) is 9.47 Å². The minimum absolute atomic E-state index is 0.102. The summed E-state index contributed by atoms with van der Waals surface area (Å²) in [7, 11) is 1.67. The van der Waals surface area contributed by atoms with Crippen molar-refractivity contribution in [3.8, 4) is 11.5 Å². The first-order valence-electron chi connectivity index (χ1n) is 7.12. The fraction of sp³-hybridized carbons (Fsp3) is 0.529. The first-order chi connectivity index (χ1) is 9.46.